The zero-order valence-electron chi connectivity index (χ0n) is 15.7. The molecule has 3 aromatic rings. The molecule has 0 spiro atoms. The molecule has 1 aliphatic rings. The van der Waals surface area contributed by atoms with Gasteiger partial charge >= 0.3 is 0 Å². The zero-order valence-corrected chi connectivity index (χ0v) is 17.4. The van der Waals surface area contributed by atoms with Crippen molar-refractivity contribution < 1.29 is 9.21 Å². The monoisotopic (exact) mass is 400 g/mol. The van der Waals surface area contributed by atoms with Crippen LogP contribution in [0.15, 0.2) is 38.4 Å². The van der Waals surface area contributed by atoms with Gasteiger partial charge in [0.2, 0.25) is 0 Å². The largest absolute Gasteiger partial charge is 0.451 e. The number of thiazole rings is 1. The molecule has 4 nitrogen and oxygen atoms in total. The van der Waals surface area contributed by atoms with Crippen LogP contribution in [0.25, 0.3) is 11.0 Å². The molecule has 6 heteroatoms. The van der Waals surface area contributed by atoms with Crippen molar-refractivity contribution in [1.82, 2.24) is 9.88 Å². The molecule has 1 saturated carbocycles. The Kier molecular flexibility index (Phi) is 5.55. The van der Waals surface area contributed by atoms with Crippen LogP contribution in [0.5, 0.6) is 0 Å². The molecule has 1 amide bonds. The molecule has 1 aliphatic carbocycles. The molecule has 0 saturated heterocycles. The second-order valence-corrected chi connectivity index (χ2v) is 9.22. The van der Waals surface area contributed by atoms with E-state index in [1.165, 1.54) is 12.8 Å². The Morgan fingerprint density at radius 1 is 1.37 bits per heavy atom. The van der Waals surface area contributed by atoms with Crippen molar-refractivity contribution in [1.29, 1.82) is 0 Å². The Morgan fingerprint density at radius 2 is 2.19 bits per heavy atom. The van der Waals surface area contributed by atoms with Crippen LogP contribution in [0.3, 0.4) is 0 Å². The molecule has 0 aliphatic heterocycles. The molecule has 0 bridgehead atoms. The molecular weight excluding hydrogens is 376 g/mol. The number of nitrogens with zero attached hydrogens (tertiary/aromatic N) is 2. The molecule has 27 heavy (non-hydrogen) atoms. The van der Waals surface area contributed by atoms with Crippen LogP contribution in [-0.4, -0.2) is 28.9 Å². The Morgan fingerprint density at radius 3 is 2.89 bits per heavy atom. The quantitative estimate of drug-likeness (QED) is 0.452. The number of furan rings is 1. The molecular formula is C21H24N2O2S2. The minimum absolute atomic E-state index is 0.0332. The number of hydrogen-bond acceptors (Lipinski definition) is 5. The van der Waals surface area contributed by atoms with Gasteiger partial charge in [-0.3, -0.25) is 4.79 Å². The minimum Gasteiger partial charge on any atom is -0.451 e. The second kappa shape index (κ2) is 8.07. The summed E-state index contributed by atoms with van der Waals surface area (Å²) in [5, 5.41) is 3.09. The molecule has 1 fully saturated rings. The Balaban J connectivity index is 1.64. The number of aryl methyl sites for hydroxylation is 1. The third-order valence-electron chi connectivity index (χ3n) is 4.79. The number of thioether (sulfide) groups is 1. The van der Waals surface area contributed by atoms with Crippen molar-refractivity contribution in [3.63, 3.8) is 0 Å². The van der Waals surface area contributed by atoms with Crippen LogP contribution in [0.4, 0.5) is 0 Å². The highest BCUT2D eigenvalue weighted by atomic mass is 32.2. The first-order valence-corrected chi connectivity index (χ1v) is 11.4. The molecule has 0 unspecified atom stereocenters. The Hall–Kier alpha value is -1.79. The molecule has 4 rings (SSSR count). The average Bonchev–Trinajstić information content (AvgIpc) is 3.27. The van der Waals surface area contributed by atoms with Crippen LogP contribution < -0.4 is 0 Å². The van der Waals surface area contributed by atoms with Crippen molar-refractivity contribution in [2.45, 2.75) is 43.2 Å². The smallest absolute Gasteiger partial charge is 0.289 e. The van der Waals surface area contributed by atoms with Gasteiger partial charge in [0.05, 0.1) is 0 Å². The molecule has 0 N–H and O–H groups in total. The van der Waals surface area contributed by atoms with Crippen molar-refractivity contribution in [2.75, 3.05) is 13.1 Å². The number of carbonyl (C=O) groups is 1. The van der Waals surface area contributed by atoms with Gasteiger partial charge in [0.1, 0.15) is 9.92 Å². The number of benzene rings is 1. The van der Waals surface area contributed by atoms with Gasteiger partial charge in [0.15, 0.2) is 5.76 Å². The van der Waals surface area contributed by atoms with Crippen molar-refractivity contribution in [2.24, 2.45) is 5.92 Å². The summed E-state index contributed by atoms with van der Waals surface area (Å²) in [6, 6.07) is 7.94. The van der Waals surface area contributed by atoms with Gasteiger partial charge < -0.3 is 9.32 Å². The van der Waals surface area contributed by atoms with Crippen LogP contribution in [0.2, 0.25) is 0 Å². The summed E-state index contributed by atoms with van der Waals surface area (Å²) in [5.74, 6) is 1.90. The lowest BCUT2D eigenvalue weighted by atomic mass is 10.1. The van der Waals surface area contributed by atoms with Crippen LogP contribution in [0.1, 0.15) is 48.0 Å². The SMILES string of the molecule is CCCN(CC1CC1)C(=O)c1oc2ccccc2c1CSc1nc(C)cs1. The van der Waals surface area contributed by atoms with E-state index in [-0.39, 0.29) is 5.91 Å². The summed E-state index contributed by atoms with van der Waals surface area (Å²) < 4.78 is 7.09. The molecule has 0 radical (unpaired) electrons. The van der Waals surface area contributed by atoms with E-state index in [2.05, 4.69) is 17.3 Å². The van der Waals surface area contributed by atoms with Gasteiger partial charge in [0.25, 0.3) is 5.91 Å². The standard InChI is InChI=1S/C21H24N2O2S2/c1-3-10-23(11-15-8-9-15)20(24)19-17(13-27-21-22-14(2)12-26-21)16-6-4-5-7-18(16)25-19/h4-7,12,15H,3,8-11,13H2,1-2H3. The number of hydrogen-bond donors (Lipinski definition) is 0. The van der Waals surface area contributed by atoms with E-state index in [1.807, 2.05) is 36.1 Å². The first kappa shape index (κ1) is 18.6. The number of carbonyl (C=O) groups excluding carboxylic acids is 1. The second-order valence-electron chi connectivity index (χ2n) is 7.14. The molecule has 0 atom stereocenters. The predicted molar refractivity (Wildman–Crippen MR) is 112 cm³/mol. The van der Waals surface area contributed by atoms with Crippen LogP contribution in [-0.2, 0) is 5.75 Å². The zero-order chi connectivity index (χ0) is 18.8. The highest BCUT2D eigenvalue weighted by molar-refractivity contribution is 8.00. The van der Waals surface area contributed by atoms with Gasteiger partial charge in [-0.25, -0.2) is 4.98 Å². The highest BCUT2D eigenvalue weighted by Gasteiger charge is 2.30. The summed E-state index contributed by atoms with van der Waals surface area (Å²) in [6.07, 6.45) is 3.43. The van der Waals surface area contributed by atoms with Crippen molar-refractivity contribution in [3.8, 4) is 0 Å². The van der Waals surface area contributed by atoms with E-state index in [1.54, 1.807) is 23.1 Å². The fraction of sp³-hybridized carbons (Fsp3) is 0.429. The van der Waals surface area contributed by atoms with E-state index in [9.17, 15) is 4.79 Å². The first-order chi connectivity index (χ1) is 13.2. The third kappa shape index (κ3) is 4.22. The Bertz CT molecular complexity index is 943. The van der Waals surface area contributed by atoms with Crippen LogP contribution >= 0.6 is 23.1 Å². The highest BCUT2D eigenvalue weighted by Crippen LogP contribution is 2.35. The number of rotatable bonds is 8. The third-order valence-corrected chi connectivity index (χ3v) is 6.95. The molecule has 2 aromatic heterocycles. The topological polar surface area (TPSA) is 46.3 Å². The lowest BCUT2D eigenvalue weighted by molar-refractivity contribution is 0.0717. The number of para-hydroxylation sites is 1. The molecule has 2 heterocycles. The van der Waals surface area contributed by atoms with E-state index in [0.717, 1.165) is 46.1 Å². The number of aromatic nitrogens is 1. The summed E-state index contributed by atoms with van der Waals surface area (Å²) in [4.78, 5) is 19.8. The predicted octanol–water partition coefficient (Wildman–Crippen LogP) is 5.75. The fourth-order valence-corrected chi connectivity index (χ4v) is 5.13. The van der Waals surface area contributed by atoms with E-state index >= 15 is 0 Å². The van der Waals surface area contributed by atoms with Crippen molar-refractivity contribution >= 4 is 40.0 Å². The number of fused-ring (bicyclic) bond motifs is 1. The van der Waals surface area contributed by atoms with E-state index < -0.39 is 0 Å². The minimum atomic E-state index is 0.0332. The van der Waals surface area contributed by atoms with Gasteiger partial charge in [-0.05, 0) is 38.2 Å². The fourth-order valence-electron chi connectivity index (χ4n) is 3.25. The molecule has 142 valence electrons. The summed E-state index contributed by atoms with van der Waals surface area (Å²) in [7, 11) is 0. The van der Waals surface area contributed by atoms with E-state index in [4.69, 9.17) is 4.42 Å². The normalized spacial score (nSPS) is 14.0. The maximum atomic E-state index is 13.3. The lowest BCUT2D eigenvalue weighted by Crippen LogP contribution is -2.33. The number of amides is 1. The lowest BCUT2D eigenvalue weighted by Gasteiger charge is -2.21. The summed E-state index contributed by atoms with van der Waals surface area (Å²) in [5.41, 5.74) is 2.81. The maximum absolute atomic E-state index is 13.3. The van der Waals surface area contributed by atoms with Gasteiger partial charge in [-0.15, -0.1) is 11.3 Å². The maximum Gasteiger partial charge on any atom is 0.289 e. The van der Waals surface area contributed by atoms with Gasteiger partial charge in [0, 0.05) is 40.9 Å². The average molecular weight is 401 g/mol. The van der Waals surface area contributed by atoms with Crippen molar-refractivity contribution in [3.05, 3.63) is 46.7 Å². The first-order valence-electron chi connectivity index (χ1n) is 9.50. The summed E-state index contributed by atoms with van der Waals surface area (Å²) >= 11 is 3.32. The Labute approximate surface area is 168 Å². The van der Waals surface area contributed by atoms with E-state index in [0.29, 0.717) is 17.4 Å². The molecule has 1 aromatic carbocycles. The summed E-state index contributed by atoms with van der Waals surface area (Å²) in [6.45, 7) is 5.75. The van der Waals surface area contributed by atoms with Gasteiger partial charge in [-0.2, -0.15) is 0 Å². The van der Waals surface area contributed by atoms with Gasteiger partial charge in [-0.1, -0.05) is 36.9 Å². The van der Waals surface area contributed by atoms with Crippen LogP contribution in [0, 0.1) is 12.8 Å².